The fraction of sp³-hybridized carbons (Fsp3) is 0.125. The first kappa shape index (κ1) is 12.0. The highest BCUT2D eigenvalue weighted by atomic mass is 35.5. The minimum Gasteiger partial charge on any atom is -0.279 e. The van der Waals surface area contributed by atoms with E-state index < -0.39 is 15.8 Å². The normalized spacial score (nSPS) is 11.3. The predicted molar refractivity (Wildman–Crippen MR) is 65.4 cm³/mol. The quantitative estimate of drug-likeness (QED) is 0.925. The van der Waals surface area contributed by atoms with Gasteiger partial charge in [-0.2, -0.15) is 14.0 Å². The molecular weight excluding hydrogens is 284 g/mol. The van der Waals surface area contributed by atoms with Gasteiger partial charge in [0.05, 0.1) is 28.5 Å². The van der Waals surface area contributed by atoms with Gasteiger partial charge in [-0.15, -0.1) is 0 Å². The summed E-state index contributed by atoms with van der Waals surface area (Å²) in [7, 11) is -3.74. The van der Waals surface area contributed by atoms with Gasteiger partial charge >= 0.3 is 0 Å². The molecule has 0 saturated heterocycles. The molecular formula is C8H5ClN4O2S2. The summed E-state index contributed by atoms with van der Waals surface area (Å²) in [4.78, 5) is 0. The van der Waals surface area contributed by atoms with Crippen LogP contribution in [0.2, 0.25) is 5.02 Å². The first-order valence-electron chi connectivity index (χ1n) is 4.32. The van der Waals surface area contributed by atoms with Gasteiger partial charge in [-0.05, 0) is 12.1 Å². The number of halogens is 1. The summed E-state index contributed by atoms with van der Waals surface area (Å²) in [5.74, 6) is -0.642. The van der Waals surface area contributed by atoms with Gasteiger partial charge in [-0.1, -0.05) is 11.6 Å². The van der Waals surface area contributed by atoms with E-state index in [1.807, 2.05) is 0 Å². The lowest BCUT2D eigenvalue weighted by molar-refractivity contribution is 0.604. The lowest BCUT2D eigenvalue weighted by Gasteiger charge is -2.07. The number of nitriles is 1. The Balaban J connectivity index is 2.52. The van der Waals surface area contributed by atoms with Crippen LogP contribution in [0.4, 0.5) is 5.69 Å². The monoisotopic (exact) mass is 288 g/mol. The van der Waals surface area contributed by atoms with Crippen LogP contribution >= 0.6 is 23.3 Å². The Morgan fingerprint density at radius 3 is 2.94 bits per heavy atom. The zero-order valence-corrected chi connectivity index (χ0v) is 10.6. The van der Waals surface area contributed by atoms with Crippen molar-refractivity contribution in [2.45, 2.75) is 0 Å². The topological polar surface area (TPSA) is 95.7 Å². The van der Waals surface area contributed by atoms with Crippen molar-refractivity contribution in [1.82, 2.24) is 8.75 Å². The second kappa shape index (κ2) is 4.44. The van der Waals surface area contributed by atoms with Crippen molar-refractivity contribution >= 4 is 50.1 Å². The molecule has 0 amide bonds. The Morgan fingerprint density at radius 1 is 1.47 bits per heavy atom. The molecule has 1 heterocycles. The van der Waals surface area contributed by atoms with Crippen LogP contribution in [0.1, 0.15) is 0 Å². The van der Waals surface area contributed by atoms with Gasteiger partial charge in [0.2, 0.25) is 10.0 Å². The van der Waals surface area contributed by atoms with Crippen LogP contribution in [0.25, 0.3) is 11.0 Å². The number of nitrogens with zero attached hydrogens (tertiary/aromatic N) is 3. The molecule has 1 N–H and O–H groups in total. The summed E-state index contributed by atoms with van der Waals surface area (Å²) >= 11 is 6.85. The van der Waals surface area contributed by atoms with Crippen LogP contribution in [-0.4, -0.2) is 22.9 Å². The van der Waals surface area contributed by atoms with Gasteiger partial charge in [-0.3, -0.25) is 4.72 Å². The molecule has 0 saturated carbocycles. The molecule has 0 unspecified atom stereocenters. The van der Waals surface area contributed by atoms with Crippen LogP contribution in [0.15, 0.2) is 12.1 Å². The maximum Gasteiger partial charge on any atom is 0.246 e. The SMILES string of the molecule is N#CCS(=O)(=O)Nc1c(Cl)ccc2nsnc12. The lowest BCUT2D eigenvalue weighted by atomic mass is 10.3. The molecule has 0 spiro atoms. The number of rotatable bonds is 3. The minimum atomic E-state index is -3.74. The van der Waals surface area contributed by atoms with Gasteiger partial charge in [0.25, 0.3) is 0 Å². The lowest BCUT2D eigenvalue weighted by Crippen LogP contribution is -2.16. The van der Waals surface area contributed by atoms with Gasteiger partial charge in [0.15, 0.2) is 5.75 Å². The van der Waals surface area contributed by atoms with Crippen LogP contribution in [-0.2, 0) is 10.0 Å². The maximum absolute atomic E-state index is 11.5. The second-order valence-electron chi connectivity index (χ2n) is 3.07. The fourth-order valence-corrected chi connectivity index (χ4v) is 2.76. The molecule has 2 rings (SSSR count). The third-order valence-electron chi connectivity index (χ3n) is 1.89. The number of fused-ring (bicyclic) bond motifs is 1. The number of hydrogen-bond donors (Lipinski definition) is 1. The highest BCUT2D eigenvalue weighted by molar-refractivity contribution is 7.92. The van der Waals surface area contributed by atoms with Gasteiger partial charge in [0, 0.05) is 0 Å². The molecule has 6 nitrogen and oxygen atoms in total. The van der Waals surface area contributed by atoms with E-state index in [0.717, 1.165) is 11.7 Å². The summed E-state index contributed by atoms with van der Waals surface area (Å²) in [6, 6.07) is 4.73. The Labute approximate surface area is 106 Å². The number of aromatic nitrogens is 2. The van der Waals surface area contributed by atoms with Crippen LogP contribution in [0.3, 0.4) is 0 Å². The van der Waals surface area contributed by atoms with Crippen LogP contribution in [0.5, 0.6) is 0 Å². The molecule has 0 aliphatic carbocycles. The smallest absolute Gasteiger partial charge is 0.246 e. The Bertz CT molecular complexity index is 704. The average molecular weight is 289 g/mol. The molecule has 1 aromatic carbocycles. The predicted octanol–water partition coefficient (Wildman–Crippen LogP) is 1.61. The highest BCUT2D eigenvalue weighted by Gasteiger charge is 2.16. The molecule has 0 aliphatic rings. The first-order chi connectivity index (χ1) is 8.03. The first-order valence-corrected chi connectivity index (χ1v) is 7.08. The number of benzene rings is 1. The van der Waals surface area contributed by atoms with Crippen molar-refractivity contribution in [3.05, 3.63) is 17.2 Å². The molecule has 0 radical (unpaired) electrons. The highest BCUT2D eigenvalue weighted by Crippen LogP contribution is 2.30. The van der Waals surface area contributed by atoms with E-state index in [1.54, 1.807) is 12.1 Å². The summed E-state index contributed by atoms with van der Waals surface area (Å²) in [5, 5.41) is 8.61. The third kappa shape index (κ3) is 2.46. The molecule has 9 heteroatoms. The summed E-state index contributed by atoms with van der Waals surface area (Å²) < 4.78 is 33.1. The summed E-state index contributed by atoms with van der Waals surface area (Å²) in [5.41, 5.74) is 1.09. The Kier molecular flexibility index (Phi) is 3.15. The maximum atomic E-state index is 11.5. The van der Waals surface area contributed by atoms with Crippen molar-refractivity contribution in [3.8, 4) is 6.07 Å². The van der Waals surface area contributed by atoms with E-state index >= 15 is 0 Å². The minimum absolute atomic E-state index is 0.160. The largest absolute Gasteiger partial charge is 0.279 e. The van der Waals surface area contributed by atoms with Gasteiger partial charge in [-0.25, -0.2) is 8.42 Å². The summed E-state index contributed by atoms with van der Waals surface area (Å²) in [6.07, 6.45) is 0. The van der Waals surface area contributed by atoms with Crippen molar-refractivity contribution in [2.75, 3.05) is 10.5 Å². The van der Waals surface area contributed by atoms with E-state index in [-0.39, 0.29) is 10.7 Å². The van der Waals surface area contributed by atoms with Crippen LogP contribution < -0.4 is 4.72 Å². The molecule has 0 fully saturated rings. The zero-order chi connectivity index (χ0) is 12.5. The summed E-state index contributed by atoms with van der Waals surface area (Å²) in [6.45, 7) is 0. The van der Waals surface area contributed by atoms with Crippen molar-refractivity contribution < 1.29 is 8.42 Å². The average Bonchev–Trinajstić information content (AvgIpc) is 2.70. The number of anilines is 1. The van der Waals surface area contributed by atoms with E-state index in [2.05, 4.69) is 13.5 Å². The Hall–Kier alpha value is -1.43. The van der Waals surface area contributed by atoms with Crippen molar-refractivity contribution in [2.24, 2.45) is 0 Å². The standard InChI is InChI=1S/C8H5ClN4O2S2/c9-5-1-2-6-8(12-16-11-6)7(5)13-17(14,15)4-3-10/h1-2,13H,4H2. The number of sulfonamides is 1. The van der Waals surface area contributed by atoms with E-state index in [0.29, 0.717) is 11.0 Å². The van der Waals surface area contributed by atoms with Gasteiger partial charge < -0.3 is 0 Å². The van der Waals surface area contributed by atoms with Crippen LogP contribution in [0, 0.1) is 11.3 Å². The second-order valence-corrected chi connectivity index (χ2v) is 5.73. The van der Waals surface area contributed by atoms with Gasteiger partial charge in [0.1, 0.15) is 11.0 Å². The van der Waals surface area contributed by atoms with Crippen molar-refractivity contribution in [3.63, 3.8) is 0 Å². The molecule has 88 valence electrons. The molecule has 0 bridgehead atoms. The molecule has 2 aromatic rings. The number of hydrogen-bond acceptors (Lipinski definition) is 6. The molecule has 17 heavy (non-hydrogen) atoms. The number of nitrogens with one attached hydrogen (secondary N) is 1. The zero-order valence-electron chi connectivity index (χ0n) is 8.21. The van der Waals surface area contributed by atoms with E-state index in [1.165, 1.54) is 6.07 Å². The fourth-order valence-electron chi connectivity index (χ4n) is 1.20. The molecule has 0 atom stereocenters. The Morgan fingerprint density at radius 2 is 2.24 bits per heavy atom. The van der Waals surface area contributed by atoms with E-state index in [9.17, 15) is 8.42 Å². The molecule has 1 aromatic heterocycles. The van der Waals surface area contributed by atoms with E-state index in [4.69, 9.17) is 16.9 Å². The third-order valence-corrected chi connectivity index (χ3v) is 3.77. The molecule has 0 aliphatic heterocycles. The van der Waals surface area contributed by atoms with Crippen molar-refractivity contribution in [1.29, 1.82) is 5.26 Å².